The first-order valence-electron chi connectivity index (χ1n) is 7.00. The summed E-state index contributed by atoms with van der Waals surface area (Å²) < 4.78 is 0. The highest BCUT2D eigenvalue weighted by atomic mass is 32.1. The summed E-state index contributed by atoms with van der Waals surface area (Å²) in [6.45, 7) is 9.81. The smallest absolute Gasteiger partial charge is 0.0900 e. The second-order valence-electron chi connectivity index (χ2n) is 5.43. The van der Waals surface area contributed by atoms with Gasteiger partial charge in [-0.3, -0.25) is 4.90 Å². The molecule has 2 N–H and O–H groups in total. The number of hydrogen-bond acceptors (Lipinski definition) is 4. The van der Waals surface area contributed by atoms with E-state index in [1.807, 2.05) is 11.3 Å². The van der Waals surface area contributed by atoms with Gasteiger partial charge in [0, 0.05) is 11.4 Å². The van der Waals surface area contributed by atoms with Gasteiger partial charge < -0.3 is 5.73 Å². The van der Waals surface area contributed by atoms with E-state index in [1.54, 1.807) is 0 Å². The zero-order valence-corrected chi connectivity index (χ0v) is 12.6. The van der Waals surface area contributed by atoms with Crippen LogP contribution in [0.1, 0.15) is 47.8 Å². The Morgan fingerprint density at radius 2 is 2.28 bits per heavy atom. The lowest BCUT2D eigenvalue weighted by Gasteiger charge is -2.36. The van der Waals surface area contributed by atoms with Crippen molar-refractivity contribution in [1.82, 2.24) is 9.88 Å². The second-order valence-corrected chi connectivity index (χ2v) is 6.84. The maximum Gasteiger partial charge on any atom is 0.0900 e. The van der Waals surface area contributed by atoms with Crippen LogP contribution >= 0.6 is 11.3 Å². The van der Waals surface area contributed by atoms with E-state index < -0.39 is 0 Å². The van der Waals surface area contributed by atoms with E-state index in [0.717, 1.165) is 18.9 Å². The molecule has 0 bridgehead atoms. The van der Waals surface area contributed by atoms with Gasteiger partial charge in [0.05, 0.1) is 16.7 Å². The molecule has 1 aromatic heterocycles. The Morgan fingerprint density at radius 1 is 1.50 bits per heavy atom. The molecule has 2 unspecified atom stereocenters. The minimum absolute atomic E-state index is 0.454. The molecule has 0 aromatic carbocycles. The number of hydrogen-bond donors (Lipinski definition) is 1. The normalized spacial score (nSPS) is 23.2. The molecule has 1 aliphatic heterocycles. The fourth-order valence-electron chi connectivity index (χ4n) is 3.03. The Kier molecular flexibility index (Phi) is 4.76. The molecule has 2 atom stereocenters. The lowest BCUT2D eigenvalue weighted by molar-refractivity contribution is 0.126. The molecular weight excluding hydrogens is 242 g/mol. The van der Waals surface area contributed by atoms with Crippen molar-refractivity contribution in [3.63, 3.8) is 0 Å². The number of nitrogens with two attached hydrogens (primary N) is 1. The topological polar surface area (TPSA) is 42.2 Å². The van der Waals surface area contributed by atoms with Gasteiger partial charge in [-0.15, -0.1) is 11.3 Å². The van der Waals surface area contributed by atoms with Crippen LogP contribution in [0.3, 0.4) is 0 Å². The van der Waals surface area contributed by atoms with Crippen molar-refractivity contribution >= 4 is 11.3 Å². The molecule has 3 nitrogen and oxygen atoms in total. The summed E-state index contributed by atoms with van der Waals surface area (Å²) >= 11 is 1.81. The highest BCUT2D eigenvalue weighted by Gasteiger charge is 2.26. The van der Waals surface area contributed by atoms with Crippen molar-refractivity contribution in [3.05, 3.63) is 15.6 Å². The Bertz CT molecular complexity index is 386. The summed E-state index contributed by atoms with van der Waals surface area (Å²) in [4.78, 5) is 8.67. The molecule has 0 spiro atoms. The Morgan fingerprint density at radius 3 is 2.89 bits per heavy atom. The van der Waals surface area contributed by atoms with Crippen LogP contribution in [-0.4, -0.2) is 29.5 Å². The molecule has 18 heavy (non-hydrogen) atoms. The van der Waals surface area contributed by atoms with Gasteiger partial charge in [-0.1, -0.05) is 0 Å². The molecule has 102 valence electrons. The first kappa shape index (κ1) is 14.0. The second kappa shape index (κ2) is 6.13. The number of rotatable bonds is 4. The minimum Gasteiger partial charge on any atom is -0.330 e. The molecule has 1 aromatic rings. The van der Waals surface area contributed by atoms with Gasteiger partial charge in [-0.2, -0.15) is 0 Å². The van der Waals surface area contributed by atoms with Gasteiger partial charge >= 0.3 is 0 Å². The van der Waals surface area contributed by atoms with E-state index in [1.165, 1.54) is 41.5 Å². The number of nitrogens with zero attached hydrogens (tertiary/aromatic N) is 2. The fraction of sp³-hybridized carbons (Fsp3) is 0.786. The zero-order chi connectivity index (χ0) is 13.1. The minimum atomic E-state index is 0.454. The van der Waals surface area contributed by atoms with Crippen LogP contribution in [0, 0.1) is 19.8 Å². The molecule has 0 aliphatic carbocycles. The number of piperidine rings is 1. The van der Waals surface area contributed by atoms with E-state index in [0.29, 0.717) is 6.04 Å². The summed E-state index contributed by atoms with van der Waals surface area (Å²) in [7, 11) is 0. The Labute approximate surface area is 114 Å². The predicted octanol–water partition coefficient (Wildman–Crippen LogP) is 2.88. The van der Waals surface area contributed by atoms with E-state index in [-0.39, 0.29) is 0 Å². The summed E-state index contributed by atoms with van der Waals surface area (Å²) in [5.74, 6) is 0.784. The Balaban J connectivity index is 2.04. The molecule has 2 rings (SSSR count). The van der Waals surface area contributed by atoms with Crippen LogP contribution in [0.25, 0.3) is 0 Å². The standard InChI is InChI=1S/C14H25N3S/c1-10(14-11(2)18-12(3)16-14)17-8-4-5-13(9-17)6-7-15/h10,13H,4-9,15H2,1-3H3. The van der Waals surface area contributed by atoms with E-state index in [2.05, 4.69) is 25.7 Å². The van der Waals surface area contributed by atoms with Crippen molar-refractivity contribution in [2.45, 2.75) is 46.1 Å². The van der Waals surface area contributed by atoms with Gasteiger partial charge in [0.15, 0.2) is 0 Å². The van der Waals surface area contributed by atoms with Crippen LogP contribution < -0.4 is 5.73 Å². The molecule has 2 heterocycles. The van der Waals surface area contributed by atoms with Gasteiger partial charge in [-0.25, -0.2) is 4.98 Å². The fourth-order valence-corrected chi connectivity index (χ4v) is 3.93. The first-order valence-corrected chi connectivity index (χ1v) is 7.81. The summed E-state index contributed by atoms with van der Waals surface area (Å²) in [5, 5.41) is 1.19. The van der Waals surface area contributed by atoms with Gasteiger partial charge in [0.1, 0.15) is 0 Å². The van der Waals surface area contributed by atoms with Crippen LogP contribution in [0.15, 0.2) is 0 Å². The first-order chi connectivity index (χ1) is 8.61. The molecule has 1 saturated heterocycles. The van der Waals surface area contributed by atoms with Crippen LogP contribution in [0.5, 0.6) is 0 Å². The monoisotopic (exact) mass is 267 g/mol. The van der Waals surface area contributed by atoms with E-state index >= 15 is 0 Å². The number of thiazole rings is 1. The van der Waals surface area contributed by atoms with Crippen molar-refractivity contribution < 1.29 is 0 Å². The lowest BCUT2D eigenvalue weighted by atomic mass is 9.93. The third-order valence-corrected chi connectivity index (χ3v) is 4.91. The van der Waals surface area contributed by atoms with Gasteiger partial charge in [0.2, 0.25) is 0 Å². The van der Waals surface area contributed by atoms with Crippen LogP contribution in [0.4, 0.5) is 0 Å². The maximum atomic E-state index is 5.69. The van der Waals surface area contributed by atoms with Gasteiger partial charge in [-0.05, 0) is 59.0 Å². The van der Waals surface area contributed by atoms with Crippen molar-refractivity contribution in [3.8, 4) is 0 Å². The molecule has 1 aliphatic rings. The van der Waals surface area contributed by atoms with Gasteiger partial charge in [0.25, 0.3) is 0 Å². The van der Waals surface area contributed by atoms with Crippen LogP contribution in [0.2, 0.25) is 0 Å². The molecule has 0 amide bonds. The highest BCUT2D eigenvalue weighted by molar-refractivity contribution is 7.11. The quantitative estimate of drug-likeness (QED) is 0.912. The lowest BCUT2D eigenvalue weighted by Crippen LogP contribution is -2.38. The SMILES string of the molecule is Cc1nc(C(C)N2CCCC(CCN)C2)c(C)s1. The summed E-state index contributed by atoms with van der Waals surface area (Å²) in [5.41, 5.74) is 6.97. The van der Waals surface area contributed by atoms with Crippen molar-refractivity contribution in [2.24, 2.45) is 11.7 Å². The van der Waals surface area contributed by atoms with Crippen LogP contribution in [-0.2, 0) is 0 Å². The summed E-state index contributed by atoms with van der Waals surface area (Å²) in [6.07, 6.45) is 3.81. The molecule has 1 fully saturated rings. The third kappa shape index (κ3) is 3.11. The maximum absolute atomic E-state index is 5.69. The molecule has 0 radical (unpaired) electrons. The third-order valence-electron chi connectivity index (χ3n) is 4.01. The average molecular weight is 267 g/mol. The van der Waals surface area contributed by atoms with E-state index in [9.17, 15) is 0 Å². The zero-order valence-electron chi connectivity index (χ0n) is 11.8. The molecular formula is C14H25N3S. The van der Waals surface area contributed by atoms with E-state index in [4.69, 9.17) is 10.7 Å². The number of aryl methyl sites for hydroxylation is 2. The summed E-state index contributed by atoms with van der Waals surface area (Å²) in [6, 6.07) is 0.454. The molecule has 4 heteroatoms. The number of aromatic nitrogens is 1. The number of likely N-dealkylation sites (tertiary alicyclic amines) is 1. The average Bonchev–Trinajstić information content (AvgIpc) is 2.68. The highest BCUT2D eigenvalue weighted by Crippen LogP contribution is 2.30. The Hall–Kier alpha value is -0.450. The largest absolute Gasteiger partial charge is 0.330 e. The van der Waals surface area contributed by atoms with Crippen molar-refractivity contribution in [2.75, 3.05) is 19.6 Å². The predicted molar refractivity (Wildman–Crippen MR) is 78.0 cm³/mol. The van der Waals surface area contributed by atoms with Crippen molar-refractivity contribution in [1.29, 1.82) is 0 Å². The molecule has 0 saturated carbocycles.